The van der Waals surface area contributed by atoms with Gasteiger partial charge in [0.1, 0.15) is 5.69 Å². The van der Waals surface area contributed by atoms with E-state index in [1.807, 2.05) is 66.3 Å². The lowest BCUT2D eigenvalue weighted by Crippen LogP contribution is -2.20. The van der Waals surface area contributed by atoms with Gasteiger partial charge in [-0.15, -0.1) is 5.10 Å². The van der Waals surface area contributed by atoms with Gasteiger partial charge in [-0.3, -0.25) is 9.48 Å². The monoisotopic (exact) mass is 376 g/mol. The summed E-state index contributed by atoms with van der Waals surface area (Å²) in [5, 5.41) is 11.5. The molecule has 6 heteroatoms. The van der Waals surface area contributed by atoms with Crippen molar-refractivity contribution >= 4 is 11.6 Å². The van der Waals surface area contributed by atoms with Gasteiger partial charge in [-0.1, -0.05) is 35.5 Å². The summed E-state index contributed by atoms with van der Waals surface area (Å²) in [4.78, 5) is 12.7. The number of ether oxygens (including phenoxy) is 1. The van der Waals surface area contributed by atoms with Crippen molar-refractivity contribution in [1.82, 2.24) is 15.0 Å². The SMILES string of the molecule is Cc1ccc(-c2cn(CC3CCOCC3)nn2)cc1C(=O)Nc1ccccc1. The number of para-hydroxylation sites is 1. The highest BCUT2D eigenvalue weighted by Gasteiger charge is 2.16. The number of anilines is 1. The van der Waals surface area contributed by atoms with Gasteiger partial charge >= 0.3 is 0 Å². The van der Waals surface area contributed by atoms with E-state index in [2.05, 4.69) is 15.6 Å². The lowest BCUT2D eigenvalue weighted by Gasteiger charge is -2.21. The summed E-state index contributed by atoms with van der Waals surface area (Å²) in [5.41, 5.74) is 4.01. The molecule has 0 saturated carbocycles. The van der Waals surface area contributed by atoms with Gasteiger partial charge < -0.3 is 10.1 Å². The standard InChI is InChI=1S/C22H24N4O2/c1-16-7-8-18(13-20(16)22(27)23-19-5-3-2-4-6-19)21-15-26(25-24-21)14-17-9-11-28-12-10-17/h2-8,13,15,17H,9-12,14H2,1H3,(H,23,27). The molecule has 1 amide bonds. The van der Waals surface area contributed by atoms with Crippen LogP contribution in [0.2, 0.25) is 0 Å². The van der Waals surface area contributed by atoms with Crippen LogP contribution in [0.5, 0.6) is 0 Å². The van der Waals surface area contributed by atoms with Crippen molar-refractivity contribution in [2.75, 3.05) is 18.5 Å². The summed E-state index contributed by atoms with van der Waals surface area (Å²) in [6.45, 7) is 4.43. The van der Waals surface area contributed by atoms with E-state index < -0.39 is 0 Å². The molecule has 144 valence electrons. The highest BCUT2D eigenvalue weighted by molar-refractivity contribution is 6.05. The fourth-order valence-electron chi connectivity index (χ4n) is 3.46. The minimum Gasteiger partial charge on any atom is -0.381 e. The van der Waals surface area contributed by atoms with Crippen LogP contribution in [0.3, 0.4) is 0 Å². The largest absolute Gasteiger partial charge is 0.381 e. The molecule has 1 saturated heterocycles. The predicted molar refractivity (Wildman–Crippen MR) is 108 cm³/mol. The Morgan fingerprint density at radius 2 is 1.96 bits per heavy atom. The summed E-state index contributed by atoms with van der Waals surface area (Å²) in [6.07, 6.45) is 4.08. The van der Waals surface area contributed by atoms with E-state index in [0.29, 0.717) is 11.5 Å². The second kappa shape index (κ2) is 8.35. The van der Waals surface area contributed by atoms with Crippen LogP contribution < -0.4 is 5.32 Å². The number of hydrogen-bond acceptors (Lipinski definition) is 4. The average molecular weight is 376 g/mol. The summed E-state index contributed by atoms with van der Waals surface area (Å²) < 4.78 is 7.32. The first kappa shape index (κ1) is 18.4. The predicted octanol–water partition coefficient (Wildman–Crippen LogP) is 3.93. The number of benzene rings is 2. The van der Waals surface area contributed by atoms with Crippen molar-refractivity contribution in [1.29, 1.82) is 0 Å². The smallest absolute Gasteiger partial charge is 0.255 e. The van der Waals surface area contributed by atoms with Gasteiger partial charge in [-0.05, 0) is 49.4 Å². The van der Waals surface area contributed by atoms with Gasteiger partial charge in [0.05, 0.1) is 6.20 Å². The summed E-state index contributed by atoms with van der Waals surface area (Å²) in [6, 6.07) is 15.3. The van der Waals surface area contributed by atoms with Crippen LogP contribution in [0.15, 0.2) is 54.7 Å². The Labute approximate surface area is 164 Å². The number of hydrogen-bond donors (Lipinski definition) is 1. The van der Waals surface area contributed by atoms with Crippen LogP contribution >= 0.6 is 0 Å². The van der Waals surface area contributed by atoms with Gasteiger partial charge in [0.15, 0.2) is 0 Å². The lowest BCUT2D eigenvalue weighted by molar-refractivity contribution is 0.0600. The first-order valence-electron chi connectivity index (χ1n) is 9.64. The second-order valence-corrected chi connectivity index (χ2v) is 7.23. The molecule has 0 atom stereocenters. The molecule has 1 aliphatic rings. The highest BCUT2D eigenvalue weighted by Crippen LogP contribution is 2.23. The van der Waals surface area contributed by atoms with E-state index >= 15 is 0 Å². The minimum absolute atomic E-state index is 0.125. The van der Waals surface area contributed by atoms with Gasteiger partial charge in [-0.2, -0.15) is 0 Å². The van der Waals surface area contributed by atoms with E-state index in [1.54, 1.807) is 0 Å². The van der Waals surface area contributed by atoms with Crippen LogP contribution in [-0.2, 0) is 11.3 Å². The molecular weight excluding hydrogens is 352 g/mol. The maximum Gasteiger partial charge on any atom is 0.255 e. The molecule has 1 fully saturated rings. The normalized spacial score (nSPS) is 14.8. The van der Waals surface area contributed by atoms with E-state index in [0.717, 1.165) is 55.1 Å². The molecule has 1 aromatic heterocycles. The van der Waals surface area contributed by atoms with E-state index in [-0.39, 0.29) is 5.91 Å². The lowest BCUT2D eigenvalue weighted by atomic mass is 10.0. The molecule has 2 aromatic carbocycles. The first-order chi connectivity index (χ1) is 13.7. The van der Waals surface area contributed by atoms with Gasteiger partial charge in [0.25, 0.3) is 5.91 Å². The van der Waals surface area contributed by atoms with Crippen LogP contribution in [0.4, 0.5) is 5.69 Å². The minimum atomic E-state index is -0.125. The molecule has 4 rings (SSSR count). The van der Waals surface area contributed by atoms with Crippen molar-refractivity contribution in [3.63, 3.8) is 0 Å². The van der Waals surface area contributed by atoms with Crippen LogP contribution in [0.1, 0.15) is 28.8 Å². The number of aryl methyl sites for hydroxylation is 1. The Morgan fingerprint density at radius 3 is 2.75 bits per heavy atom. The van der Waals surface area contributed by atoms with Crippen molar-refractivity contribution in [2.45, 2.75) is 26.3 Å². The Hall–Kier alpha value is -2.99. The van der Waals surface area contributed by atoms with Gasteiger partial charge in [0.2, 0.25) is 0 Å². The van der Waals surface area contributed by atoms with Crippen molar-refractivity contribution in [3.05, 3.63) is 65.9 Å². The van der Waals surface area contributed by atoms with Crippen LogP contribution in [0, 0.1) is 12.8 Å². The Morgan fingerprint density at radius 1 is 1.18 bits per heavy atom. The van der Waals surface area contributed by atoms with E-state index in [4.69, 9.17) is 4.74 Å². The molecule has 0 unspecified atom stereocenters. The molecule has 3 aromatic rings. The fourth-order valence-corrected chi connectivity index (χ4v) is 3.46. The van der Waals surface area contributed by atoms with Crippen molar-refractivity contribution in [2.24, 2.45) is 5.92 Å². The number of rotatable bonds is 5. The molecule has 0 aliphatic carbocycles. The van der Waals surface area contributed by atoms with Crippen LogP contribution in [-0.4, -0.2) is 34.1 Å². The van der Waals surface area contributed by atoms with E-state index in [9.17, 15) is 4.79 Å². The van der Waals surface area contributed by atoms with Gasteiger partial charge in [0, 0.05) is 36.6 Å². The molecule has 0 bridgehead atoms. The third-order valence-electron chi connectivity index (χ3n) is 5.13. The molecule has 2 heterocycles. The number of carbonyl (C=O) groups is 1. The molecule has 1 N–H and O–H groups in total. The average Bonchev–Trinajstić information content (AvgIpc) is 3.18. The zero-order valence-electron chi connectivity index (χ0n) is 16.0. The topological polar surface area (TPSA) is 69.0 Å². The zero-order chi connectivity index (χ0) is 19.3. The van der Waals surface area contributed by atoms with Crippen molar-refractivity contribution < 1.29 is 9.53 Å². The maximum absolute atomic E-state index is 12.7. The molecule has 0 radical (unpaired) electrons. The molecule has 0 spiro atoms. The summed E-state index contributed by atoms with van der Waals surface area (Å²) in [7, 11) is 0. The third-order valence-corrected chi connectivity index (χ3v) is 5.13. The highest BCUT2D eigenvalue weighted by atomic mass is 16.5. The molecule has 1 aliphatic heterocycles. The number of aromatic nitrogens is 3. The third kappa shape index (κ3) is 4.28. The maximum atomic E-state index is 12.7. The summed E-state index contributed by atoms with van der Waals surface area (Å²) >= 11 is 0. The molecule has 28 heavy (non-hydrogen) atoms. The quantitative estimate of drug-likeness (QED) is 0.732. The number of nitrogens with zero attached hydrogens (tertiary/aromatic N) is 3. The second-order valence-electron chi connectivity index (χ2n) is 7.23. The Balaban J connectivity index is 1.51. The molecule has 6 nitrogen and oxygen atoms in total. The number of carbonyl (C=O) groups excluding carboxylic acids is 1. The fraction of sp³-hybridized carbons (Fsp3) is 0.318. The zero-order valence-corrected chi connectivity index (χ0v) is 16.0. The van der Waals surface area contributed by atoms with Crippen LogP contribution in [0.25, 0.3) is 11.3 Å². The first-order valence-corrected chi connectivity index (χ1v) is 9.64. The van der Waals surface area contributed by atoms with Gasteiger partial charge in [-0.25, -0.2) is 0 Å². The Bertz CT molecular complexity index is 946. The summed E-state index contributed by atoms with van der Waals surface area (Å²) in [5.74, 6) is 0.452. The van der Waals surface area contributed by atoms with Crippen molar-refractivity contribution in [3.8, 4) is 11.3 Å². The molecular formula is C22H24N4O2. The number of amides is 1. The van der Waals surface area contributed by atoms with E-state index in [1.165, 1.54) is 0 Å². The number of nitrogens with one attached hydrogen (secondary N) is 1. The Kier molecular flexibility index (Phi) is 5.48.